The number of aromatic nitrogens is 1. The van der Waals surface area contributed by atoms with Crippen LogP contribution in [0.4, 0.5) is 0 Å². The summed E-state index contributed by atoms with van der Waals surface area (Å²) in [7, 11) is 0. The lowest BCUT2D eigenvalue weighted by Crippen LogP contribution is -2.24. The maximum Gasteiger partial charge on any atom is 0.335 e. The summed E-state index contributed by atoms with van der Waals surface area (Å²) in [6.07, 6.45) is 0. The van der Waals surface area contributed by atoms with Crippen molar-refractivity contribution in [2.75, 3.05) is 13.2 Å². The van der Waals surface area contributed by atoms with Crippen molar-refractivity contribution in [1.82, 2.24) is 10.3 Å². The molecule has 0 radical (unpaired) electrons. The van der Waals surface area contributed by atoms with E-state index >= 15 is 0 Å². The van der Waals surface area contributed by atoms with E-state index in [0.29, 0.717) is 18.9 Å². The van der Waals surface area contributed by atoms with E-state index < -0.39 is 5.97 Å². The summed E-state index contributed by atoms with van der Waals surface area (Å²) < 4.78 is 5.56. The van der Waals surface area contributed by atoms with Crippen LogP contribution in [0.15, 0.2) is 29.6 Å². The number of thiazole rings is 1. The molecule has 0 aliphatic rings. The zero-order chi connectivity index (χ0) is 15.2. The monoisotopic (exact) mass is 306 g/mol. The lowest BCUT2D eigenvalue weighted by molar-refractivity contribution is 0.0697. The van der Waals surface area contributed by atoms with Crippen LogP contribution < -0.4 is 10.1 Å². The summed E-state index contributed by atoms with van der Waals surface area (Å²) in [5, 5.41) is 15.2. The first-order valence-electron chi connectivity index (χ1n) is 6.68. The van der Waals surface area contributed by atoms with Gasteiger partial charge in [-0.25, -0.2) is 9.78 Å². The molecule has 2 aromatic rings. The molecule has 1 aromatic carbocycles. The average molecular weight is 306 g/mol. The Hall–Kier alpha value is -1.92. The molecule has 112 valence electrons. The Bertz CT molecular complexity index is 595. The minimum atomic E-state index is -0.934. The number of aryl methyl sites for hydroxylation is 1. The Kier molecular flexibility index (Phi) is 5.30. The van der Waals surface area contributed by atoms with Crippen LogP contribution in [-0.4, -0.2) is 29.2 Å². The van der Waals surface area contributed by atoms with Gasteiger partial charge >= 0.3 is 5.97 Å². The number of benzene rings is 1. The highest BCUT2D eigenvalue weighted by atomic mass is 32.1. The third-order valence-corrected chi connectivity index (χ3v) is 4.08. The van der Waals surface area contributed by atoms with Crippen molar-refractivity contribution in [3.05, 3.63) is 45.9 Å². The number of nitrogens with zero attached hydrogens (tertiary/aromatic N) is 1. The van der Waals surface area contributed by atoms with E-state index in [1.807, 2.05) is 12.3 Å². The van der Waals surface area contributed by atoms with Crippen LogP contribution in [0.3, 0.4) is 0 Å². The minimum absolute atomic E-state index is 0.196. The van der Waals surface area contributed by atoms with Crippen molar-refractivity contribution < 1.29 is 14.6 Å². The molecular formula is C15H18N2O3S. The number of carboxylic acids is 1. The van der Waals surface area contributed by atoms with Gasteiger partial charge in [0, 0.05) is 17.6 Å². The largest absolute Gasteiger partial charge is 0.492 e. The Morgan fingerprint density at radius 3 is 2.71 bits per heavy atom. The van der Waals surface area contributed by atoms with E-state index in [4.69, 9.17) is 9.84 Å². The van der Waals surface area contributed by atoms with Crippen LogP contribution in [-0.2, 0) is 0 Å². The number of rotatable bonds is 7. The standard InChI is InChI=1S/C15H18N2O3S/c1-10-9-21-14(17-10)11(2)16-7-8-20-13-5-3-12(4-6-13)15(18)19/h3-6,9,11,16H,7-8H2,1-2H3,(H,18,19). The fourth-order valence-corrected chi connectivity index (χ4v) is 2.62. The van der Waals surface area contributed by atoms with Crippen molar-refractivity contribution in [2.45, 2.75) is 19.9 Å². The van der Waals surface area contributed by atoms with E-state index in [9.17, 15) is 4.79 Å². The molecule has 0 aliphatic heterocycles. The fraction of sp³-hybridized carbons (Fsp3) is 0.333. The Labute approximate surface area is 127 Å². The molecule has 21 heavy (non-hydrogen) atoms. The first kappa shape index (κ1) is 15.5. The topological polar surface area (TPSA) is 71.5 Å². The Balaban J connectivity index is 1.73. The maximum absolute atomic E-state index is 10.7. The second-order valence-corrected chi connectivity index (χ2v) is 5.57. The molecular weight excluding hydrogens is 288 g/mol. The van der Waals surface area contributed by atoms with E-state index in [1.54, 1.807) is 23.5 Å². The first-order valence-corrected chi connectivity index (χ1v) is 7.56. The molecule has 0 amide bonds. The van der Waals surface area contributed by atoms with E-state index in [1.165, 1.54) is 12.1 Å². The highest BCUT2D eigenvalue weighted by Gasteiger charge is 2.08. The second kappa shape index (κ2) is 7.19. The number of hydrogen-bond acceptors (Lipinski definition) is 5. The number of carboxylic acid groups (broad SMARTS) is 1. The van der Waals surface area contributed by atoms with Crippen LogP contribution in [0.1, 0.15) is 34.0 Å². The molecule has 0 saturated heterocycles. The molecule has 2 rings (SSSR count). The number of aromatic carboxylic acids is 1. The lowest BCUT2D eigenvalue weighted by atomic mass is 10.2. The Morgan fingerprint density at radius 1 is 1.43 bits per heavy atom. The van der Waals surface area contributed by atoms with Crippen molar-refractivity contribution in [1.29, 1.82) is 0 Å². The summed E-state index contributed by atoms with van der Waals surface area (Å²) in [6.45, 7) is 5.26. The number of ether oxygens (including phenoxy) is 1. The highest BCUT2D eigenvalue weighted by Crippen LogP contribution is 2.17. The van der Waals surface area contributed by atoms with Crippen LogP contribution in [0.2, 0.25) is 0 Å². The molecule has 1 aromatic heterocycles. The third-order valence-electron chi connectivity index (χ3n) is 2.93. The van der Waals surface area contributed by atoms with E-state index in [0.717, 1.165) is 10.7 Å². The number of hydrogen-bond donors (Lipinski definition) is 2. The zero-order valence-electron chi connectivity index (χ0n) is 12.0. The Morgan fingerprint density at radius 2 is 2.14 bits per heavy atom. The van der Waals surface area contributed by atoms with E-state index in [-0.39, 0.29) is 11.6 Å². The molecule has 1 unspecified atom stereocenters. The molecule has 0 aliphatic carbocycles. The van der Waals surface area contributed by atoms with Gasteiger partial charge in [0.05, 0.1) is 11.6 Å². The van der Waals surface area contributed by atoms with Gasteiger partial charge in [0.15, 0.2) is 0 Å². The molecule has 5 nitrogen and oxygen atoms in total. The van der Waals surface area contributed by atoms with Gasteiger partial charge in [0.2, 0.25) is 0 Å². The predicted molar refractivity (Wildman–Crippen MR) is 82.2 cm³/mol. The molecule has 2 N–H and O–H groups in total. The number of nitrogens with one attached hydrogen (secondary N) is 1. The summed E-state index contributed by atoms with van der Waals surface area (Å²) in [4.78, 5) is 15.2. The van der Waals surface area contributed by atoms with Gasteiger partial charge in [-0.3, -0.25) is 0 Å². The van der Waals surface area contributed by atoms with Crippen LogP contribution in [0, 0.1) is 6.92 Å². The van der Waals surface area contributed by atoms with Gasteiger partial charge in [-0.2, -0.15) is 0 Å². The molecule has 0 saturated carbocycles. The van der Waals surface area contributed by atoms with Gasteiger partial charge in [0.25, 0.3) is 0 Å². The second-order valence-electron chi connectivity index (χ2n) is 4.68. The van der Waals surface area contributed by atoms with Crippen molar-refractivity contribution in [3.8, 4) is 5.75 Å². The molecule has 1 heterocycles. The first-order chi connectivity index (χ1) is 10.1. The zero-order valence-corrected chi connectivity index (χ0v) is 12.8. The van der Waals surface area contributed by atoms with Gasteiger partial charge in [-0.05, 0) is 38.1 Å². The molecule has 1 atom stereocenters. The van der Waals surface area contributed by atoms with Gasteiger partial charge in [0.1, 0.15) is 17.4 Å². The van der Waals surface area contributed by atoms with Gasteiger partial charge in [-0.15, -0.1) is 11.3 Å². The molecule has 0 fully saturated rings. The van der Waals surface area contributed by atoms with Crippen molar-refractivity contribution in [3.63, 3.8) is 0 Å². The summed E-state index contributed by atoms with van der Waals surface area (Å²) in [5.74, 6) is -0.268. The lowest BCUT2D eigenvalue weighted by Gasteiger charge is -2.12. The number of carbonyl (C=O) groups is 1. The van der Waals surface area contributed by atoms with Crippen LogP contribution in [0.25, 0.3) is 0 Å². The highest BCUT2D eigenvalue weighted by molar-refractivity contribution is 7.09. The third kappa shape index (κ3) is 4.54. The molecule has 0 bridgehead atoms. The average Bonchev–Trinajstić information content (AvgIpc) is 2.90. The van der Waals surface area contributed by atoms with Crippen LogP contribution in [0.5, 0.6) is 5.75 Å². The summed E-state index contributed by atoms with van der Waals surface area (Å²) >= 11 is 1.65. The maximum atomic E-state index is 10.7. The summed E-state index contributed by atoms with van der Waals surface area (Å²) in [5.41, 5.74) is 1.30. The fourth-order valence-electron chi connectivity index (χ4n) is 1.80. The minimum Gasteiger partial charge on any atom is -0.492 e. The van der Waals surface area contributed by atoms with Crippen molar-refractivity contribution in [2.24, 2.45) is 0 Å². The quantitative estimate of drug-likeness (QED) is 0.770. The summed E-state index contributed by atoms with van der Waals surface area (Å²) in [6, 6.07) is 6.59. The molecule has 6 heteroatoms. The SMILES string of the molecule is Cc1csc(C(C)NCCOc2ccc(C(=O)O)cc2)n1. The van der Waals surface area contributed by atoms with Crippen LogP contribution >= 0.6 is 11.3 Å². The van der Waals surface area contributed by atoms with Crippen molar-refractivity contribution >= 4 is 17.3 Å². The normalized spacial score (nSPS) is 12.1. The predicted octanol–water partition coefficient (Wildman–Crippen LogP) is 2.88. The molecule has 0 spiro atoms. The van der Waals surface area contributed by atoms with Gasteiger partial charge < -0.3 is 15.2 Å². The van der Waals surface area contributed by atoms with E-state index in [2.05, 4.69) is 17.2 Å². The van der Waals surface area contributed by atoms with Gasteiger partial charge in [-0.1, -0.05) is 0 Å². The smallest absolute Gasteiger partial charge is 0.335 e.